The first-order valence-electron chi connectivity index (χ1n) is 12.0. The van der Waals surface area contributed by atoms with Crippen LogP contribution >= 0.6 is 22.9 Å². The topological polar surface area (TPSA) is 126 Å². The van der Waals surface area contributed by atoms with Crippen molar-refractivity contribution >= 4 is 60.1 Å². The van der Waals surface area contributed by atoms with Gasteiger partial charge in [-0.3, -0.25) is 15.4 Å². The van der Waals surface area contributed by atoms with Gasteiger partial charge in [0.25, 0.3) is 5.91 Å². The van der Waals surface area contributed by atoms with Crippen molar-refractivity contribution in [2.75, 3.05) is 30.7 Å². The highest BCUT2D eigenvalue weighted by Gasteiger charge is 2.19. The number of nitrogens with one attached hydrogen (secondary N) is 2. The zero-order valence-electron chi connectivity index (χ0n) is 20.8. The number of hydrogen-bond acceptors (Lipinski definition) is 8. The Morgan fingerprint density at radius 3 is 2.63 bits per heavy atom. The van der Waals surface area contributed by atoms with E-state index in [2.05, 4.69) is 25.6 Å². The first-order valence-corrected chi connectivity index (χ1v) is 14.8. The quantitative estimate of drug-likeness (QED) is 0.283. The second-order valence-corrected chi connectivity index (χ2v) is 11.9. The predicted octanol–water partition coefficient (Wildman–Crippen LogP) is 4.60. The van der Waals surface area contributed by atoms with E-state index in [0.717, 1.165) is 31.0 Å². The lowest BCUT2D eigenvalue weighted by Crippen LogP contribution is -2.34. The van der Waals surface area contributed by atoms with Gasteiger partial charge < -0.3 is 4.90 Å². The van der Waals surface area contributed by atoms with E-state index in [4.69, 9.17) is 11.6 Å². The van der Waals surface area contributed by atoms with E-state index >= 15 is 0 Å². The van der Waals surface area contributed by atoms with E-state index in [-0.39, 0.29) is 26.4 Å². The van der Waals surface area contributed by atoms with Gasteiger partial charge in [0.2, 0.25) is 0 Å². The first-order chi connectivity index (χ1) is 18.2. The summed E-state index contributed by atoms with van der Waals surface area (Å²) in [5.74, 6) is -0.645. The van der Waals surface area contributed by atoms with Crippen LogP contribution in [0, 0.1) is 0 Å². The van der Waals surface area contributed by atoms with Gasteiger partial charge in [-0.05, 0) is 68.5 Å². The first kappa shape index (κ1) is 27.7. The largest absolute Gasteiger partial charge is 0.327 e. The second-order valence-electron chi connectivity index (χ2n) is 8.37. The number of nitrogens with zero attached hydrogens (tertiary/aromatic N) is 4. The Morgan fingerprint density at radius 1 is 1.13 bits per heavy atom. The molecule has 10 nitrogen and oxygen atoms in total. The molecule has 4 aromatic rings. The van der Waals surface area contributed by atoms with Crippen LogP contribution in [0.5, 0.6) is 0 Å². The maximum atomic E-state index is 12.8. The Labute approximate surface area is 229 Å². The molecule has 4 rings (SSSR count). The van der Waals surface area contributed by atoms with Gasteiger partial charge in [-0.2, -0.15) is 5.10 Å². The number of thiazole rings is 1. The molecule has 0 atom stereocenters. The van der Waals surface area contributed by atoms with Crippen LogP contribution < -0.4 is 10.6 Å². The number of fused-ring (bicyclic) bond motifs is 1. The van der Waals surface area contributed by atoms with E-state index in [1.807, 2.05) is 13.8 Å². The van der Waals surface area contributed by atoms with Crippen LogP contribution in [0.25, 0.3) is 15.9 Å². The number of carbonyl (C=O) groups excluding carboxylic acids is 2. The molecule has 0 aliphatic carbocycles. The van der Waals surface area contributed by atoms with Gasteiger partial charge in [-0.1, -0.05) is 36.8 Å². The minimum atomic E-state index is -3.46. The lowest BCUT2D eigenvalue weighted by molar-refractivity contribution is 0.0967. The average molecular weight is 575 g/mol. The molecule has 3 amide bonds. The molecule has 0 saturated heterocycles. The van der Waals surface area contributed by atoms with Crippen molar-refractivity contribution in [3.63, 3.8) is 0 Å². The highest BCUT2D eigenvalue weighted by molar-refractivity contribution is 7.91. The van der Waals surface area contributed by atoms with Crippen molar-refractivity contribution in [3.8, 4) is 5.69 Å². The van der Waals surface area contributed by atoms with Crippen LogP contribution in [-0.4, -0.2) is 65.4 Å². The molecular formula is C25H27ClN6O4S2. The summed E-state index contributed by atoms with van der Waals surface area (Å²) < 4.78 is 27.8. The summed E-state index contributed by atoms with van der Waals surface area (Å²) in [6.07, 6.45) is 3.86. The number of rotatable bonds is 10. The van der Waals surface area contributed by atoms with Gasteiger partial charge in [-0.25, -0.2) is 22.9 Å². The summed E-state index contributed by atoms with van der Waals surface area (Å²) in [5, 5.41) is 9.29. The Morgan fingerprint density at radius 2 is 1.92 bits per heavy atom. The lowest BCUT2D eigenvalue weighted by Gasteiger charge is -2.17. The van der Waals surface area contributed by atoms with Gasteiger partial charge in [0.1, 0.15) is 0 Å². The fraction of sp³-hybridized carbons (Fsp3) is 0.280. The third-order valence-corrected chi connectivity index (χ3v) is 8.97. The third-order valence-electron chi connectivity index (χ3n) is 5.91. The molecular weight excluding hydrogens is 548 g/mol. The molecule has 2 N–H and O–H groups in total. The summed E-state index contributed by atoms with van der Waals surface area (Å²) in [6, 6.07) is 10.4. The summed E-state index contributed by atoms with van der Waals surface area (Å²) in [5.41, 5.74) is 1.25. The number of halogens is 1. The molecule has 0 spiro atoms. The summed E-state index contributed by atoms with van der Waals surface area (Å²) >= 11 is 7.29. The summed E-state index contributed by atoms with van der Waals surface area (Å²) in [7, 11) is -3.46. The lowest BCUT2D eigenvalue weighted by atomic mass is 10.2. The minimum Gasteiger partial charge on any atom is -0.304 e. The average Bonchev–Trinajstić information content (AvgIpc) is 3.56. The number of amides is 3. The molecule has 0 aliphatic heterocycles. The smallest absolute Gasteiger partial charge is 0.304 e. The number of imide groups is 1. The van der Waals surface area contributed by atoms with Gasteiger partial charge in [-0.15, -0.1) is 0 Å². The molecule has 0 saturated carbocycles. The molecule has 0 bridgehead atoms. The maximum Gasteiger partial charge on any atom is 0.327 e. The van der Waals surface area contributed by atoms with Crippen molar-refractivity contribution in [2.45, 2.75) is 25.2 Å². The van der Waals surface area contributed by atoms with Crippen LogP contribution in [0.4, 0.5) is 9.93 Å². The summed E-state index contributed by atoms with van der Waals surface area (Å²) in [6.45, 7) is 6.57. The number of benzene rings is 2. The normalized spacial score (nSPS) is 11.7. The standard InChI is InChI=1S/C25H27ClN6O4S2/c1-3-31(4-2)12-6-14-38(35,36)18-8-10-21-22(16-18)37-25(28-21)30-24(34)29-23(33)19-15-17(7-9-20(19)26)32-13-5-11-27-32/h5,7-11,13,15-16H,3-4,6,12,14H2,1-2H3,(H2,28,29,30,33,34). The van der Waals surface area contributed by atoms with Gasteiger partial charge in [0, 0.05) is 12.4 Å². The number of urea groups is 1. The molecule has 0 fully saturated rings. The number of sulfone groups is 1. The number of aromatic nitrogens is 3. The number of carbonyl (C=O) groups is 2. The molecule has 0 unspecified atom stereocenters. The highest BCUT2D eigenvalue weighted by atomic mass is 35.5. The minimum absolute atomic E-state index is 0.0492. The van der Waals surface area contributed by atoms with E-state index < -0.39 is 21.8 Å². The van der Waals surface area contributed by atoms with Gasteiger partial charge in [0.05, 0.1) is 37.1 Å². The fourth-order valence-corrected chi connectivity index (χ4v) is 6.33. The van der Waals surface area contributed by atoms with Crippen molar-refractivity contribution in [1.82, 2.24) is 25.0 Å². The van der Waals surface area contributed by atoms with Crippen molar-refractivity contribution < 1.29 is 18.0 Å². The van der Waals surface area contributed by atoms with Crippen LogP contribution in [0.1, 0.15) is 30.6 Å². The van der Waals surface area contributed by atoms with Gasteiger partial charge in [0.15, 0.2) is 15.0 Å². The molecule has 2 aromatic carbocycles. The zero-order valence-corrected chi connectivity index (χ0v) is 23.2. The summed E-state index contributed by atoms with van der Waals surface area (Å²) in [4.78, 5) is 31.9. The van der Waals surface area contributed by atoms with Crippen molar-refractivity contribution in [2.24, 2.45) is 0 Å². The molecule has 2 heterocycles. The predicted molar refractivity (Wildman–Crippen MR) is 149 cm³/mol. The van der Waals surface area contributed by atoms with Crippen molar-refractivity contribution in [1.29, 1.82) is 0 Å². The van der Waals surface area contributed by atoms with E-state index in [0.29, 0.717) is 22.3 Å². The van der Waals surface area contributed by atoms with Crippen molar-refractivity contribution in [3.05, 3.63) is 65.4 Å². The Hall–Kier alpha value is -3.32. The monoisotopic (exact) mass is 574 g/mol. The molecule has 38 heavy (non-hydrogen) atoms. The maximum absolute atomic E-state index is 12.8. The van der Waals surface area contributed by atoms with Crippen LogP contribution in [0.2, 0.25) is 5.02 Å². The SMILES string of the molecule is CCN(CC)CCCS(=O)(=O)c1ccc2nc(NC(=O)NC(=O)c3cc(-n4cccn4)ccc3Cl)sc2c1. The second kappa shape index (κ2) is 12.0. The highest BCUT2D eigenvalue weighted by Crippen LogP contribution is 2.29. The molecule has 200 valence electrons. The van der Waals surface area contributed by atoms with E-state index in [9.17, 15) is 18.0 Å². The molecule has 0 radical (unpaired) electrons. The Kier molecular flexibility index (Phi) is 8.77. The van der Waals surface area contributed by atoms with Gasteiger partial charge >= 0.3 is 6.03 Å². The molecule has 13 heteroatoms. The van der Waals surface area contributed by atoms with E-state index in [1.54, 1.807) is 47.4 Å². The van der Waals surface area contributed by atoms with Crippen LogP contribution in [0.3, 0.4) is 0 Å². The third kappa shape index (κ3) is 6.57. The van der Waals surface area contributed by atoms with Crippen LogP contribution in [-0.2, 0) is 9.84 Å². The molecule has 0 aliphatic rings. The fourth-order valence-electron chi connectivity index (χ4n) is 3.84. The van der Waals surface area contributed by atoms with Crippen LogP contribution in [0.15, 0.2) is 59.8 Å². The number of anilines is 1. The molecule has 2 aromatic heterocycles. The zero-order chi connectivity index (χ0) is 27.3. The van der Waals surface area contributed by atoms with E-state index in [1.165, 1.54) is 12.1 Å². The Bertz CT molecular complexity index is 1550. The number of hydrogen-bond donors (Lipinski definition) is 2. The Balaban J connectivity index is 1.41.